The fraction of sp³-hybridized carbons (Fsp3) is 0.667. The van der Waals surface area contributed by atoms with Crippen LogP contribution in [0.4, 0.5) is 5.69 Å². The van der Waals surface area contributed by atoms with Crippen molar-refractivity contribution in [2.24, 2.45) is 16.7 Å². The van der Waals surface area contributed by atoms with Crippen molar-refractivity contribution in [3.05, 3.63) is 29.8 Å². The molecule has 2 atom stereocenters. The number of hydrogen-bond acceptors (Lipinski definition) is 1. The second kappa shape index (κ2) is 6.30. The molecule has 1 unspecified atom stereocenters. The van der Waals surface area contributed by atoms with Crippen LogP contribution < -0.4 is 4.90 Å². The minimum Gasteiger partial charge on any atom is -0.309 e. The van der Waals surface area contributed by atoms with Gasteiger partial charge in [0.2, 0.25) is 5.91 Å². The largest absolute Gasteiger partial charge is 0.309 e. The van der Waals surface area contributed by atoms with E-state index in [1.54, 1.807) is 0 Å². The molecule has 0 bridgehead atoms. The van der Waals surface area contributed by atoms with Gasteiger partial charge in [-0.3, -0.25) is 4.79 Å². The van der Waals surface area contributed by atoms with Gasteiger partial charge in [-0.05, 0) is 48.6 Å². The first kappa shape index (κ1) is 18.0. The normalized spacial score (nSPS) is 20.9. The maximum absolute atomic E-state index is 13.4. The molecule has 1 heterocycles. The molecule has 128 valence electrons. The maximum Gasteiger partial charge on any atom is 0.230 e. The van der Waals surface area contributed by atoms with Crippen LogP contribution in [0.15, 0.2) is 24.3 Å². The molecule has 2 nitrogen and oxygen atoms in total. The highest BCUT2D eigenvalue weighted by atomic mass is 16.2. The highest BCUT2D eigenvalue weighted by Gasteiger charge is 2.38. The fourth-order valence-electron chi connectivity index (χ4n) is 3.44. The van der Waals surface area contributed by atoms with Crippen molar-refractivity contribution in [2.45, 2.75) is 73.8 Å². The standard InChI is InChI=1S/C21H33NO/c1-15(21(5,6)7)22-18-11-9-8-10-16(18)12-13-17(19(22)23)14-20(2,3)4/h8-11,15,17H,12-14H2,1-7H3/t15?,17-/m1/s1. The Kier molecular flexibility index (Phi) is 4.94. The van der Waals surface area contributed by atoms with Gasteiger partial charge in [0.25, 0.3) is 0 Å². The van der Waals surface area contributed by atoms with Crippen molar-refractivity contribution in [2.75, 3.05) is 4.90 Å². The van der Waals surface area contributed by atoms with Crippen molar-refractivity contribution < 1.29 is 4.79 Å². The van der Waals surface area contributed by atoms with E-state index < -0.39 is 0 Å². The average molecular weight is 316 g/mol. The minimum atomic E-state index is 0.0550. The van der Waals surface area contributed by atoms with Crippen LogP contribution in [0.5, 0.6) is 0 Å². The molecule has 1 aliphatic heterocycles. The predicted molar refractivity (Wildman–Crippen MR) is 98.7 cm³/mol. The number of nitrogens with zero attached hydrogens (tertiary/aromatic N) is 1. The second-order valence-corrected chi connectivity index (χ2v) is 9.38. The summed E-state index contributed by atoms with van der Waals surface area (Å²) in [5.74, 6) is 0.430. The number of hydrogen-bond donors (Lipinski definition) is 0. The highest BCUT2D eigenvalue weighted by Crippen LogP contribution is 2.38. The predicted octanol–water partition coefficient (Wildman–Crippen LogP) is 5.45. The molecule has 1 amide bonds. The molecule has 23 heavy (non-hydrogen) atoms. The number of para-hydroxylation sites is 1. The minimum absolute atomic E-state index is 0.0550. The number of fused-ring (bicyclic) bond motifs is 1. The first-order chi connectivity index (χ1) is 10.5. The van der Waals surface area contributed by atoms with Crippen molar-refractivity contribution >= 4 is 11.6 Å². The van der Waals surface area contributed by atoms with Crippen LogP contribution in [0.3, 0.4) is 0 Å². The summed E-state index contributed by atoms with van der Waals surface area (Å²) in [5, 5.41) is 0. The van der Waals surface area contributed by atoms with E-state index >= 15 is 0 Å². The molecule has 1 aromatic carbocycles. The maximum atomic E-state index is 13.4. The Hall–Kier alpha value is -1.31. The monoisotopic (exact) mass is 315 g/mol. The lowest BCUT2D eigenvalue weighted by Crippen LogP contribution is -2.48. The van der Waals surface area contributed by atoms with Crippen molar-refractivity contribution in [3.63, 3.8) is 0 Å². The molecule has 0 saturated heterocycles. The van der Waals surface area contributed by atoms with Gasteiger partial charge in [-0.15, -0.1) is 0 Å². The molecule has 0 spiro atoms. The summed E-state index contributed by atoms with van der Waals surface area (Å²) in [4.78, 5) is 15.5. The number of carbonyl (C=O) groups excluding carboxylic acids is 1. The van der Waals surface area contributed by atoms with Crippen LogP contribution in [-0.2, 0) is 11.2 Å². The van der Waals surface area contributed by atoms with Gasteiger partial charge >= 0.3 is 0 Å². The molecular weight excluding hydrogens is 282 g/mol. The smallest absolute Gasteiger partial charge is 0.230 e. The second-order valence-electron chi connectivity index (χ2n) is 9.38. The third-order valence-electron chi connectivity index (χ3n) is 5.10. The number of benzene rings is 1. The number of amides is 1. The molecule has 1 aromatic rings. The SMILES string of the molecule is CC(N1C(=O)[C@@H](CC(C)(C)C)CCc2ccccc21)C(C)(C)C. The molecule has 0 fully saturated rings. The lowest BCUT2D eigenvalue weighted by Gasteiger charge is -2.40. The van der Waals surface area contributed by atoms with Crippen LogP contribution in [0.1, 0.15) is 66.9 Å². The molecular formula is C21H33NO. The Morgan fingerprint density at radius 2 is 1.74 bits per heavy atom. The molecule has 1 aliphatic rings. The summed E-state index contributed by atoms with van der Waals surface area (Å²) in [6.45, 7) is 15.5. The van der Waals surface area contributed by atoms with Gasteiger partial charge < -0.3 is 4.90 Å². The van der Waals surface area contributed by atoms with Crippen molar-refractivity contribution in [3.8, 4) is 0 Å². The van der Waals surface area contributed by atoms with Crippen LogP contribution >= 0.6 is 0 Å². The van der Waals surface area contributed by atoms with Gasteiger partial charge in [-0.1, -0.05) is 59.7 Å². The Morgan fingerprint density at radius 3 is 2.30 bits per heavy atom. The summed E-state index contributed by atoms with van der Waals surface area (Å²) in [6.07, 6.45) is 2.91. The molecule has 2 heteroatoms. The molecule has 0 aromatic heterocycles. The van der Waals surface area contributed by atoms with E-state index in [2.05, 4.69) is 77.6 Å². The summed E-state index contributed by atoms with van der Waals surface area (Å²) >= 11 is 0. The number of rotatable bonds is 2. The zero-order chi connectivity index (χ0) is 17.4. The van der Waals surface area contributed by atoms with Crippen LogP contribution in [0.2, 0.25) is 0 Å². The first-order valence-electron chi connectivity index (χ1n) is 8.92. The Morgan fingerprint density at radius 1 is 1.13 bits per heavy atom. The quantitative estimate of drug-likeness (QED) is 0.710. The van der Waals surface area contributed by atoms with E-state index in [1.807, 2.05) is 0 Å². The zero-order valence-corrected chi connectivity index (χ0v) is 15.9. The molecule has 2 rings (SSSR count). The van der Waals surface area contributed by atoms with Gasteiger partial charge in [0, 0.05) is 17.6 Å². The van der Waals surface area contributed by atoms with E-state index in [9.17, 15) is 4.79 Å². The van der Waals surface area contributed by atoms with E-state index in [0.717, 1.165) is 24.9 Å². The van der Waals surface area contributed by atoms with Crippen LogP contribution in [0, 0.1) is 16.7 Å². The Bertz CT molecular complexity index is 562. The highest BCUT2D eigenvalue weighted by molar-refractivity contribution is 5.97. The summed E-state index contributed by atoms with van der Waals surface area (Å²) in [5.41, 5.74) is 2.66. The van der Waals surface area contributed by atoms with E-state index in [1.165, 1.54) is 5.56 Å². The van der Waals surface area contributed by atoms with Gasteiger partial charge in [0.1, 0.15) is 0 Å². The summed E-state index contributed by atoms with van der Waals surface area (Å²) in [6, 6.07) is 8.63. The van der Waals surface area contributed by atoms with Crippen molar-refractivity contribution in [1.29, 1.82) is 0 Å². The topological polar surface area (TPSA) is 20.3 Å². The third kappa shape index (κ3) is 4.16. The first-order valence-corrected chi connectivity index (χ1v) is 8.92. The van der Waals surface area contributed by atoms with E-state index in [-0.39, 0.29) is 22.8 Å². The van der Waals surface area contributed by atoms with Gasteiger partial charge in [-0.2, -0.15) is 0 Å². The Labute approximate surface area is 142 Å². The van der Waals surface area contributed by atoms with Gasteiger partial charge in [-0.25, -0.2) is 0 Å². The third-order valence-corrected chi connectivity index (χ3v) is 5.10. The van der Waals surface area contributed by atoms with E-state index in [0.29, 0.717) is 5.91 Å². The molecule has 0 radical (unpaired) electrons. The van der Waals surface area contributed by atoms with Gasteiger partial charge in [0.15, 0.2) is 0 Å². The number of carbonyl (C=O) groups is 1. The van der Waals surface area contributed by atoms with Gasteiger partial charge in [0.05, 0.1) is 0 Å². The van der Waals surface area contributed by atoms with Crippen LogP contribution in [0.25, 0.3) is 0 Å². The molecule has 0 saturated carbocycles. The van der Waals surface area contributed by atoms with Crippen LogP contribution in [-0.4, -0.2) is 11.9 Å². The van der Waals surface area contributed by atoms with Crippen molar-refractivity contribution in [1.82, 2.24) is 0 Å². The molecule has 0 aliphatic carbocycles. The average Bonchev–Trinajstić information content (AvgIpc) is 2.54. The van der Waals surface area contributed by atoms with E-state index in [4.69, 9.17) is 0 Å². The Balaban J connectivity index is 2.46. The lowest BCUT2D eigenvalue weighted by molar-refractivity contribution is -0.124. The lowest BCUT2D eigenvalue weighted by atomic mass is 9.81. The zero-order valence-electron chi connectivity index (χ0n) is 15.9. The molecule has 0 N–H and O–H groups in total. The fourth-order valence-corrected chi connectivity index (χ4v) is 3.44. The summed E-state index contributed by atoms with van der Waals surface area (Å²) < 4.78 is 0. The summed E-state index contributed by atoms with van der Waals surface area (Å²) in [7, 11) is 0. The number of anilines is 1. The number of aryl methyl sites for hydroxylation is 1.